The van der Waals surface area contributed by atoms with E-state index >= 15 is 0 Å². The van der Waals surface area contributed by atoms with Crippen LogP contribution >= 0.6 is 0 Å². The average molecular weight is 412 g/mol. The number of hydrogen-bond donors (Lipinski definition) is 0. The standard InChI is InChI=1S/C21H20N2O7/c1-28-19(25)15-7-8-16(17(11-15)23(26)27)22-18(24)9-10-21(22)12-29-20(30-13-21)14-5-3-2-4-6-14/h2-8,11,20H,9-10,12-13H2,1H3. The number of carbonyl (C=O) groups excluding carboxylic acids is 2. The number of nitro groups is 1. The summed E-state index contributed by atoms with van der Waals surface area (Å²) in [7, 11) is 1.20. The Bertz CT molecular complexity index is 984. The number of anilines is 1. The summed E-state index contributed by atoms with van der Waals surface area (Å²) >= 11 is 0. The summed E-state index contributed by atoms with van der Waals surface area (Å²) in [5, 5.41) is 11.7. The van der Waals surface area contributed by atoms with Gasteiger partial charge in [-0.25, -0.2) is 4.79 Å². The van der Waals surface area contributed by atoms with Gasteiger partial charge < -0.3 is 14.2 Å². The Balaban J connectivity index is 1.66. The summed E-state index contributed by atoms with van der Waals surface area (Å²) in [5.74, 6) is -0.948. The molecular formula is C21H20N2O7. The fourth-order valence-electron chi connectivity index (χ4n) is 3.95. The largest absolute Gasteiger partial charge is 0.465 e. The SMILES string of the molecule is COC(=O)c1ccc(N2C(=O)CCC23COC(c2ccccc2)OC3)c([N+](=O)[O-])c1. The number of ether oxygens (including phenoxy) is 3. The molecule has 2 aliphatic rings. The molecule has 0 radical (unpaired) electrons. The maximum Gasteiger partial charge on any atom is 0.338 e. The number of carbonyl (C=O) groups is 2. The third-order valence-electron chi connectivity index (χ3n) is 5.44. The first-order valence-electron chi connectivity index (χ1n) is 9.43. The average Bonchev–Trinajstić information content (AvgIpc) is 3.09. The number of esters is 1. The van der Waals surface area contributed by atoms with Gasteiger partial charge in [0.25, 0.3) is 5.69 Å². The molecule has 2 saturated heterocycles. The minimum Gasteiger partial charge on any atom is -0.465 e. The quantitative estimate of drug-likeness (QED) is 0.431. The first-order valence-corrected chi connectivity index (χ1v) is 9.43. The summed E-state index contributed by atoms with van der Waals surface area (Å²) in [6.07, 6.45) is 0.105. The van der Waals surface area contributed by atoms with Crippen LogP contribution in [0.5, 0.6) is 0 Å². The molecule has 2 aromatic carbocycles. The molecule has 0 atom stereocenters. The number of hydrogen-bond acceptors (Lipinski definition) is 7. The molecule has 4 rings (SSSR count). The zero-order valence-electron chi connectivity index (χ0n) is 16.3. The van der Waals surface area contributed by atoms with Crippen molar-refractivity contribution >= 4 is 23.3 Å². The summed E-state index contributed by atoms with van der Waals surface area (Å²) in [6.45, 7) is 0.350. The van der Waals surface area contributed by atoms with Crippen LogP contribution in [0, 0.1) is 10.1 Å². The molecule has 0 N–H and O–H groups in total. The molecule has 1 amide bonds. The lowest BCUT2D eigenvalue weighted by Gasteiger charge is -2.42. The second-order valence-electron chi connectivity index (χ2n) is 7.27. The van der Waals surface area contributed by atoms with Gasteiger partial charge in [-0.1, -0.05) is 30.3 Å². The molecule has 9 nitrogen and oxygen atoms in total. The monoisotopic (exact) mass is 412 g/mol. The number of methoxy groups -OCH3 is 1. The molecule has 156 valence electrons. The predicted octanol–water partition coefficient (Wildman–Crippen LogP) is 2.99. The van der Waals surface area contributed by atoms with Crippen molar-refractivity contribution in [2.75, 3.05) is 25.2 Å². The van der Waals surface area contributed by atoms with Crippen LogP contribution in [0.15, 0.2) is 48.5 Å². The van der Waals surface area contributed by atoms with Crippen molar-refractivity contribution in [2.24, 2.45) is 0 Å². The van der Waals surface area contributed by atoms with Crippen LogP contribution in [0.4, 0.5) is 11.4 Å². The number of benzene rings is 2. The molecule has 9 heteroatoms. The van der Waals surface area contributed by atoms with Gasteiger partial charge in [-0.3, -0.25) is 19.8 Å². The molecule has 2 fully saturated rings. The van der Waals surface area contributed by atoms with E-state index in [4.69, 9.17) is 9.47 Å². The van der Waals surface area contributed by atoms with Crippen LogP contribution in [0.2, 0.25) is 0 Å². The van der Waals surface area contributed by atoms with Gasteiger partial charge in [0.05, 0.1) is 36.3 Å². The molecular weight excluding hydrogens is 392 g/mol. The van der Waals surface area contributed by atoms with E-state index in [1.54, 1.807) is 0 Å². The minimum atomic E-state index is -0.847. The topological polar surface area (TPSA) is 108 Å². The van der Waals surface area contributed by atoms with Crippen molar-refractivity contribution in [1.29, 1.82) is 0 Å². The molecule has 1 spiro atoms. The Kier molecular flexibility index (Phi) is 5.23. The Labute approximate surface area is 172 Å². The van der Waals surface area contributed by atoms with E-state index in [2.05, 4.69) is 4.74 Å². The summed E-state index contributed by atoms with van der Waals surface area (Å²) < 4.78 is 16.5. The van der Waals surface area contributed by atoms with E-state index in [1.807, 2.05) is 30.3 Å². The fraction of sp³-hybridized carbons (Fsp3) is 0.333. The highest BCUT2D eigenvalue weighted by atomic mass is 16.7. The molecule has 0 saturated carbocycles. The van der Waals surface area contributed by atoms with Crippen LogP contribution in [-0.4, -0.2) is 42.7 Å². The van der Waals surface area contributed by atoms with Crippen molar-refractivity contribution in [2.45, 2.75) is 24.7 Å². The summed E-state index contributed by atoms with van der Waals surface area (Å²) in [5.41, 5.74) is -0.191. The van der Waals surface area contributed by atoms with Crippen molar-refractivity contribution in [3.63, 3.8) is 0 Å². The summed E-state index contributed by atoms with van der Waals surface area (Å²) in [6, 6.07) is 13.4. The number of nitrogens with zero attached hydrogens (tertiary/aromatic N) is 2. The highest BCUT2D eigenvalue weighted by molar-refractivity contribution is 6.01. The molecule has 0 bridgehead atoms. The van der Waals surface area contributed by atoms with Crippen molar-refractivity contribution in [3.05, 3.63) is 69.8 Å². The third-order valence-corrected chi connectivity index (χ3v) is 5.44. The van der Waals surface area contributed by atoms with E-state index < -0.39 is 22.7 Å². The van der Waals surface area contributed by atoms with Crippen LogP contribution in [0.1, 0.15) is 35.1 Å². The molecule has 2 heterocycles. The Morgan fingerprint density at radius 1 is 1.20 bits per heavy atom. The van der Waals surface area contributed by atoms with E-state index in [0.29, 0.717) is 6.42 Å². The Morgan fingerprint density at radius 2 is 1.90 bits per heavy atom. The molecule has 0 unspecified atom stereocenters. The highest BCUT2D eigenvalue weighted by Crippen LogP contribution is 2.43. The van der Waals surface area contributed by atoms with Gasteiger partial charge in [0.15, 0.2) is 6.29 Å². The van der Waals surface area contributed by atoms with Crippen LogP contribution in [-0.2, 0) is 19.0 Å². The molecule has 2 aromatic rings. The van der Waals surface area contributed by atoms with Crippen molar-refractivity contribution < 1.29 is 28.7 Å². The van der Waals surface area contributed by atoms with Crippen LogP contribution < -0.4 is 4.90 Å². The normalized spacial score (nSPS) is 23.6. The van der Waals surface area contributed by atoms with Gasteiger partial charge >= 0.3 is 5.97 Å². The maximum absolute atomic E-state index is 12.8. The van der Waals surface area contributed by atoms with Gasteiger partial charge in [-0.2, -0.15) is 0 Å². The highest BCUT2D eigenvalue weighted by Gasteiger charge is 2.51. The fourth-order valence-corrected chi connectivity index (χ4v) is 3.95. The molecule has 0 aromatic heterocycles. The van der Waals surface area contributed by atoms with Crippen molar-refractivity contribution in [3.8, 4) is 0 Å². The zero-order chi connectivity index (χ0) is 21.3. The molecule has 30 heavy (non-hydrogen) atoms. The van der Waals surface area contributed by atoms with E-state index in [1.165, 1.54) is 24.1 Å². The zero-order valence-corrected chi connectivity index (χ0v) is 16.3. The summed E-state index contributed by atoms with van der Waals surface area (Å²) in [4.78, 5) is 37.0. The smallest absolute Gasteiger partial charge is 0.338 e. The van der Waals surface area contributed by atoms with Gasteiger partial charge in [-0.05, 0) is 18.6 Å². The number of amides is 1. The molecule has 0 aliphatic carbocycles. The van der Waals surface area contributed by atoms with Gasteiger partial charge in [0.1, 0.15) is 5.69 Å². The van der Waals surface area contributed by atoms with E-state index in [0.717, 1.165) is 11.6 Å². The first kappa shape index (κ1) is 20.0. The van der Waals surface area contributed by atoms with E-state index in [-0.39, 0.29) is 42.5 Å². The van der Waals surface area contributed by atoms with Gasteiger partial charge in [0, 0.05) is 18.1 Å². The second-order valence-corrected chi connectivity index (χ2v) is 7.27. The second kappa shape index (κ2) is 7.85. The first-order chi connectivity index (χ1) is 14.4. The minimum absolute atomic E-state index is 0.0360. The van der Waals surface area contributed by atoms with Gasteiger partial charge in [0.2, 0.25) is 5.91 Å². The van der Waals surface area contributed by atoms with Crippen molar-refractivity contribution in [1.82, 2.24) is 0 Å². The number of nitro benzene ring substituents is 1. The Morgan fingerprint density at radius 3 is 2.53 bits per heavy atom. The lowest BCUT2D eigenvalue weighted by molar-refractivity contribution is -0.384. The third kappa shape index (κ3) is 3.42. The lowest BCUT2D eigenvalue weighted by Crippen LogP contribution is -2.56. The maximum atomic E-state index is 12.8. The van der Waals surface area contributed by atoms with Crippen LogP contribution in [0.25, 0.3) is 0 Å². The molecule has 2 aliphatic heterocycles. The number of rotatable bonds is 4. The van der Waals surface area contributed by atoms with Crippen LogP contribution in [0.3, 0.4) is 0 Å². The Hall–Kier alpha value is -3.30. The van der Waals surface area contributed by atoms with E-state index in [9.17, 15) is 19.7 Å². The predicted molar refractivity (Wildman–Crippen MR) is 105 cm³/mol. The van der Waals surface area contributed by atoms with Gasteiger partial charge in [-0.15, -0.1) is 0 Å². The lowest BCUT2D eigenvalue weighted by atomic mass is 9.96.